The first-order valence-electron chi connectivity index (χ1n) is 10.3. The fourth-order valence-electron chi connectivity index (χ4n) is 3.54. The van der Waals surface area contributed by atoms with E-state index in [-0.39, 0.29) is 12.0 Å². The summed E-state index contributed by atoms with van der Waals surface area (Å²) in [4.78, 5) is 18.3. The monoisotopic (exact) mass is 406 g/mol. The standard InChI is InChI=1S/C21H32BFN2O4/c1-19(2,3)27-18(26)25-12-8-9-14(13-25)16-11-10-15(17(23)24-16)22-28-20(4,5)21(6,7)29-22/h10-11,14H,8-9,12-13H2,1-7H3. The molecule has 0 saturated carbocycles. The Morgan fingerprint density at radius 1 is 1.24 bits per heavy atom. The lowest BCUT2D eigenvalue weighted by atomic mass is 9.79. The number of carbonyl (C=O) groups is 1. The predicted octanol–water partition coefficient (Wildman–Crippen LogP) is 3.63. The number of halogens is 1. The highest BCUT2D eigenvalue weighted by Gasteiger charge is 2.52. The second-order valence-corrected chi connectivity index (χ2v) is 9.97. The molecule has 0 spiro atoms. The Morgan fingerprint density at radius 3 is 2.41 bits per heavy atom. The zero-order chi connectivity index (χ0) is 21.6. The van der Waals surface area contributed by atoms with Crippen LogP contribution in [0.25, 0.3) is 0 Å². The third-order valence-electron chi connectivity index (χ3n) is 5.90. The van der Waals surface area contributed by atoms with Crippen molar-refractivity contribution in [2.45, 2.75) is 84.0 Å². The van der Waals surface area contributed by atoms with Gasteiger partial charge in [-0.15, -0.1) is 0 Å². The van der Waals surface area contributed by atoms with Crippen LogP contribution in [0.15, 0.2) is 12.1 Å². The number of nitrogens with zero attached hydrogens (tertiary/aromatic N) is 2. The van der Waals surface area contributed by atoms with Crippen LogP contribution in [-0.4, -0.2) is 53.0 Å². The molecule has 3 heterocycles. The lowest BCUT2D eigenvalue weighted by Crippen LogP contribution is -2.42. The highest BCUT2D eigenvalue weighted by molar-refractivity contribution is 6.62. The van der Waals surface area contributed by atoms with Gasteiger partial charge in [-0.1, -0.05) is 6.07 Å². The van der Waals surface area contributed by atoms with E-state index in [0.717, 1.165) is 12.8 Å². The lowest BCUT2D eigenvalue weighted by molar-refractivity contribution is 0.00578. The summed E-state index contributed by atoms with van der Waals surface area (Å²) in [5.74, 6) is -0.617. The van der Waals surface area contributed by atoms with Gasteiger partial charge in [0.15, 0.2) is 0 Å². The van der Waals surface area contributed by atoms with Crippen LogP contribution < -0.4 is 5.46 Å². The Bertz CT molecular complexity index is 762. The Hall–Kier alpha value is -1.67. The van der Waals surface area contributed by atoms with Crippen molar-refractivity contribution in [2.75, 3.05) is 13.1 Å². The van der Waals surface area contributed by atoms with Crippen molar-refractivity contribution in [1.29, 1.82) is 0 Å². The fraction of sp³-hybridized carbons (Fsp3) is 0.714. The second-order valence-electron chi connectivity index (χ2n) is 9.97. The van der Waals surface area contributed by atoms with Crippen molar-refractivity contribution in [3.8, 4) is 0 Å². The average molecular weight is 406 g/mol. The van der Waals surface area contributed by atoms with Crippen LogP contribution in [0.3, 0.4) is 0 Å². The molecule has 2 aliphatic rings. The molecule has 29 heavy (non-hydrogen) atoms. The molecule has 8 heteroatoms. The molecule has 2 saturated heterocycles. The van der Waals surface area contributed by atoms with Gasteiger partial charge in [0.1, 0.15) is 5.60 Å². The second kappa shape index (κ2) is 7.54. The third kappa shape index (κ3) is 4.74. The number of piperidine rings is 1. The van der Waals surface area contributed by atoms with Gasteiger partial charge in [0.2, 0.25) is 5.95 Å². The van der Waals surface area contributed by atoms with Crippen molar-refractivity contribution >= 4 is 18.7 Å². The Labute approximate surface area is 173 Å². The van der Waals surface area contributed by atoms with Gasteiger partial charge in [0.25, 0.3) is 0 Å². The van der Waals surface area contributed by atoms with Crippen molar-refractivity contribution in [1.82, 2.24) is 9.88 Å². The van der Waals surface area contributed by atoms with Gasteiger partial charge in [-0.2, -0.15) is 4.39 Å². The summed E-state index contributed by atoms with van der Waals surface area (Å²) in [5, 5.41) is 0. The van der Waals surface area contributed by atoms with Gasteiger partial charge in [0, 0.05) is 30.2 Å². The fourth-order valence-corrected chi connectivity index (χ4v) is 3.54. The first kappa shape index (κ1) is 22.0. The molecule has 0 aliphatic carbocycles. The molecule has 160 valence electrons. The number of pyridine rings is 1. The van der Waals surface area contributed by atoms with Crippen LogP contribution in [0.5, 0.6) is 0 Å². The summed E-state index contributed by atoms with van der Waals surface area (Å²) >= 11 is 0. The Morgan fingerprint density at radius 2 is 1.86 bits per heavy atom. The Balaban J connectivity index is 1.73. The summed E-state index contributed by atoms with van der Waals surface area (Å²) in [7, 11) is -0.786. The normalized spacial score (nSPS) is 23.9. The van der Waals surface area contributed by atoms with Gasteiger partial charge in [0.05, 0.1) is 11.2 Å². The first-order chi connectivity index (χ1) is 13.3. The molecule has 1 atom stereocenters. The first-order valence-corrected chi connectivity index (χ1v) is 10.3. The lowest BCUT2D eigenvalue weighted by Gasteiger charge is -2.34. The van der Waals surface area contributed by atoms with E-state index in [1.807, 2.05) is 54.5 Å². The number of ether oxygens (including phenoxy) is 1. The van der Waals surface area contributed by atoms with E-state index in [1.165, 1.54) is 0 Å². The quantitative estimate of drug-likeness (QED) is 0.555. The van der Waals surface area contributed by atoms with E-state index in [4.69, 9.17) is 14.0 Å². The smallest absolute Gasteiger partial charge is 0.444 e. The van der Waals surface area contributed by atoms with Crippen LogP contribution in [0, 0.1) is 5.95 Å². The summed E-state index contributed by atoms with van der Waals surface area (Å²) in [6, 6.07) is 3.50. The summed E-state index contributed by atoms with van der Waals surface area (Å²) in [6.07, 6.45) is 1.34. The number of carbonyl (C=O) groups excluding carboxylic acids is 1. The molecule has 1 aromatic rings. The molecule has 0 radical (unpaired) electrons. The largest absolute Gasteiger partial charge is 0.499 e. The van der Waals surface area contributed by atoms with E-state index >= 15 is 0 Å². The van der Waals surface area contributed by atoms with E-state index < -0.39 is 29.9 Å². The summed E-state index contributed by atoms with van der Waals surface area (Å²) in [6.45, 7) is 14.4. The van der Waals surface area contributed by atoms with Gasteiger partial charge in [-0.05, 0) is 67.4 Å². The number of likely N-dealkylation sites (tertiary alicyclic amines) is 1. The SMILES string of the molecule is CC(C)(C)OC(=O)N1CCCC(c2ccc(B3OC(C)(C)C(C)(C)O3)c(F)n2)C1. The van der Waals surface area contributed by atoms with Gasteiger partial charge < -0.3 is 18.9 Å². The number of hydrogen-bond donors (Lipinski definition) is 0. The molecule has 1 unspecified atom stereocenters. The van der Waals surface area contributed by atoms with Crippen molar-refractivity contribution in [2.24, 2.45) is 0 Å². The van der Waals surface area contributed by atoms with E-state index in [2.05, 4.69) is 4.98 Å². The van der Waals surface area contributed by atoms with Crippen LogP contribution in [0.1, 0.15) is 72.9 Å². The van der Waals surface area contributed by atoms with Crippen molar-refractivity contribution in [3.63, 3.8) is 0 Å². The molecule has 1 aromatic heterocycles. The van der Waals surface area contributed by atoms with Crippen LogP contribution in [0.4, 0.5) is 9.18 Å². The van der Waals surface area contributed by atoms with Crippen LogP contribution in [-0.2, 0) is 14.0 Å². The molecule has 0 N–H and O–H groups in total. The van der Waals surface area contributed by atoms with Gasteiger partial charge in [-0.25, -0.2) is 9.78 Å². The number of hydrogen-bond acceptors (Lipinski definition) is 5. The molecule has 1 amide bonds. The van der Waals surface area contributed by atoms with Crippen molar-refractivity contribution in [3.05, 3.63) is 23.8 Å². The Kier molecular flexibility index (Phi) is 5.73. The maximum absolute atomic E-state index is 14.9. The van der Waals surface area contributed by atoms with E-state index in [1.54, 1.807) is 11.0 Å². The third-order valence-corrected chi connectivity index (χ3v) is 5.90. The minimum Gasteiger partial charge on any atom is -0.444 e. The van der Waals surface area contributed by atoms with Crippen LogP contribution >= 0.6 is 0 Å². The molecular weight excluding hydrogens is 374 g/mol. The van der Waals surface area contributed by atoms with Crippen molar-refractivity contribution < 1.29 is 23.2 Å². The highest BCUT2D eigenvalue weighted by Crippen LogP contribution is 2.36. The molecule has 3 rings (SSSR count). The molecule has 2 aliphatic heterocycles. The summed E-state index contributed by atoms with van der Waals surface area (Å²) in [5.41, 5.74) is -0.692. The van der Waals surface area contributed by atoms with Gasteiger partial charge in [-0.3, -0.25) is 0 Å². The molecular formula is C21H32BFN2O4. The minimum atomic E-state index is -0.786. The molecule has 0 aromatic carbocycles. The maximum atomic E-state index is 14.9. The molecule has 0 bridgehead atoms. The average Bonchev–Trinajstić information content (AvgIpc) is 2.81. The van der Waals surface area contributed by atoms with E-state index in [0.29, 0.717) is 24.2 Å². The zero-order valence-corrected chi connectivity index (χ0v) is 18.5. The molecule has 6 nitrogen and oxygen atoms in total. The molecule has 2 fully saturated rings. The number of rotatable bonds is 2. The zero-order valence-electron chi connectivity index (χ0n) is 18.5. The minimum absolute atomic E-state index is 0.0295. The number of aromatic nitrogens is 1. The highest BCUT2D eigenvalue weighted by atomic mass is 19.1. The predicted molar refractivity (Wildman–Crippen MR) is 110 cm³/mol. The summed E-state index contributed by atoms with van der Waals surface area (Å²) < 4.78 is 32.2. The van der Waals surface area contributed by atoms with Crippen LogP contribution in [0.2, 0.25) is 0 Å². The van der Waals surface area contributed by atoms with Gasteiger partial charge >= 0.3 is 13.2 Å². The topological polar surface area (TPSA) is 60.9 Å². The van der Waals surface area contributed by atoms with E-state index in [9.17, 15) is 9.18 Å². The number of amides is 1. The maximum Gasteiger partial charge on any atom is 0.499 e.